The van der Waals surface area contributed by atoms with Crippen LogP contribution in [0.2, 0.25) is 5.02 Å². The monoisotopic (exact) mass is 551 g/mol. The fourth-order valence-corrected chi connectivity index (χ4v) is 6.54. The number of hydrogen-bond donors (Lipinski definition) is 1. The van der Waals surface area contributed by atoms with E-state index in [0.29, 0.717) is 23.3 Å². The molecular formula is C29H34ClN5O2S. The zero-order valence-electron chi connectivity index (χ0n) is 22.0. The number of halogens is 1. The molecule has 1 aliphatic carbocycles. The van der Waals surface area contributed by atoms with Crippen molar-refractivity contribution in [2.24, 2.45) is 5.92 Å². The Kier molecular flexibility index (Phi) is 9.06. The maximum Gasteiger partial charge on any atom is 0.142 e. The van der Waals surface area contributed by atoms with E-state index >= 15 is 0 Å². The standard InChI is InChI=1S/C29H34ClN5O2S/c1-3-35(14-15-36-2)13-11-20-7-9-23-26(16-20)38-29-27(23)28(32-19-33-29)34-21-8-10-25(24(30)17-21)37-18-22-6-4-5-12-31-22/h4-6,8,10,12,17,19-20H,3,7,9,11,13-16,18H2,1-2H3,(H,32,33,34). The van der Waals surface area contributed by atoms with Crippen LogP contribution in [0.4, 0.5) is 11.5 Å². The lowest BCUT2D eigenvalue weighted by atomic mass is 9.85. The average Bonchev–Trinajstić information content (AvgIpc) is 3.32. The van der Waals surface area contributed by atoms with Crippen molar-refractivity contribution in [3.8, 4) is 5.75 Å². The second kappa shape index (κ2) is 12.8. The number of likely N-dealkylation sites (N-methyl/N-ethyl adjacent to an activating group) is 1. The first-order valence-corrected chi connectivity index (χ1v) is 14.4. The zero-order valence-corrected chi connectivity index (χ0v) is 23.5. The number of rotatable bonds is 12. The number of nitrogens with one attached hydrogen (secondary N) is 1. The molecule has 0 bridgehead atoms. The molecule has 1 aliphatic rings. The van der Waals surface area contributed by atoms with Crippen molar-refractivity contribution in [3.63, 3.8) is 0 Å². The van der Waals surface area contributed by atoms with Gasteiger partial charge in [-0.1, -0.05) is 24.6 Å². The number of fused-ring (bicyclic) bond motifs is 3. The van der Waals surface area contributed by atoms with Crippen molar-refractivity contribution in [2.45, 2.75) is 39.2 Å². The molecule has 0 radical (unpaired) electrons. The van der Waals surface area contributed by atoms with Crippen LogP contribution >= 0.6 is 22.9 Å². The molecule has 7 nitrogen and oxygen atoms in total. The van der Waals surface area contributed by atoms with E-state index in [4.69, 9.17) is 21.1 Å². The van der Waals surface area contributed by atoms with Gasteiger partial charge < -0.3 is 19.7 Å². The van der Waals surface area contributed by atoms with Crippen LogP contribution in [-0.4, -0.2) is 53.2 Å². The smallest absolute Gasteiger partial charge is 0.142 e. The zero-order chi connectivity index (χ0) is 26.3. The average molecular weight is 552 g/mol. The number of methoxy groups -OCH3 is 1. The molecule has 0 amide bonds. The van der Waals surface area contributed by atoms with Gasteiger partial charge in [0.15, 0.2) is 0 Å². The van der Waals surface area contributed by atoms with E-state index in [1.165, 1.54) is 23.3 Å². The molecule has 0 saturated carbocycles. The minimum Gasteiger partial charge on any atom is -0.486 e. The van der Waals surface area contributed by atoms with Crippen LogP contribution in [0, 0.1) is 5.92 Å². The number of thiophene rings is 1. The van der Waals surface area contributed by atoms with E-state index in [-0.39, 0.29) is 0 Å². The van der Waals surface area contributed by atoms with Crippen LogP contribution in [-0.2, 0) is 24.2 Å². The predicted octanol–water partition coefficient (Wildman–Crippen LogP) is 6.53. The van der Waals surface area contributed by atoms with Crippen molar-refractivity contribution in [2.75, 3.05) is 38.7 Å². The Hall–Kier alpha value is -2.78. The van der Waals surface area contributed by atoms with E-state index in [9.17, 15) is 0 Å². The van der Waals surface area contributed by atoms with E-state index in [2.05, 4.69) is 32.1 Å². The molecule has 0 fully saturated rings. The number of aryl methyl sites for hydroxylation is 1. The molecule has 0 saturated heterocycles. The van der Waals surface area contributed by atoms with Gasteiger partial charge in [-0.05, 0) is 80.6 Å². The van der Waals surface area contributed by atoms with Gasteiger partial charge in [0.05, 0.1) is 22.7 Å². The van der Waals surface area contributed by atoms with Crippen LogP contribution < -0.4 is 10.1 Å². The molecule has 3 heterocycles. The topological polar surface area (TPSA) is 72.4 Å². The summed E-state index contributed by atoms with van der Waals surface area (Å²) in [5, 5.41) is 5.17. The third kappa shape index (κ3) is 6.43. The van der Waals surface area contributed by atoms with E-state index < -0.39 is 0 Å². The van der Waals surface area contributed by atoms with Crippen molar-refractivity contribution in [1.29, 1.82) is 0 Å². The molecule has 5 rings (SSSR count). The molecule has 3 aromatic heterocycles. The summed E-state index contributed by atoms with van der Waals surface area (Å²) >= 11 is 8.37. The number of ether oxygens (including phenoxy) is 2. The number of nitrogens with zero attached hydrogens (tertiary/aromatic N) is 4. The lowest BCUT2D eigenvalue weighted by molar-refractivity contribution is 0.146. The number of benzene rings is 1. The molecule has 38 heavy (non-hydrogen) atoms. The largest absolute Gasteiger partial charge is 0.486 e. The van der Waals surface area contributed by atoms with Crippen molar-refractivity contribution < 1.29 is 9.47 Å². The summed E-state index contributed by atoms with van der Waals surface area (Å²) in [6.07, 6.45) is 7.99. The normalized spacial score (nSPS) is 15.1. The highest BCUT2D eigenvalue weighted by molar-refractivity contribution is 7.19. The molecule has 0 spiro atoms. The molecule has 1 atom stereocenters. The molecule has 4 aromatic rings. The second-order valence-corrected chi connectivity index (χ2v) is 11.1. The Bertz CT molecular complexity index is 1350. The molecular weight excluding hydrogens is 518 g/mol. The molecule has 9 heteroatoms. The van der Waals surface area contributed by atoms with Gasteiger partial charge in [-0.2, -0.15) is 0 Å². The highest BCUT2D eigenvalue weighted by Crippen LogP contribution is 2.41. The third-order valence-electron chi connectivity index (χ3n) is 7.16. The summed E-state index contributed by atoms with van der Waals surface area (Å²) < 4.78 is 11.1. The van der Waals surface area contributed by atoms with Crippen molar-refractivity contribution in [1.82, 2.24) is 19.9 Å². The summed E-state index contributed by atoms with van der Waals surface area (Å²) in [7, 11) is 1.77. The Morgan fingerprint density at radius 2 is 2.08 bits per heavy atom. The summed E-state index contributed by atoms with van der Waals surface area (Å²) in [4.78, 5) is 18.5. The van der Waals surface area contributed by atoms with Crippen molar-refractivity contribution >= 4 is 44.7 Å². The number of pyridine rings is 1. The Balaban J connectivity index is 1.26. The number of anilines is 2. The highest BCUT2D eigenvalue weighted by Gasteiger charge is 2.25. The van der Waals surface area contributed by atoms with Crippen LogP contribution in [0.5, 0.6) is 5.75 Å². The lowest BCUT2D eigenvalue weighted by Gasteiger charge is -2.26. The van der Waals surface area contributed by atoms with Gasteiger partial charge in [0.25, 0.3) is 0 Å². The number of hydrogen-bond acceptors (Lipinski definition) is 8. The lowest BCUT2D eigenvalue weighted by Crippen LogP contribution is -2.30. The first-order chi connectivity index (χ1) is 18.6. The second-order valence-electron chi connectivity index (χ2n) is 9.61. The van der Waals surface area contributed by atoms with Crippen LogP contribution in [0.3, 0.4) is 0 Å². The first kappa shape index (κ1) is 26.8. The maximum absolute atomic E-state index is 6.55. The maximum atomic E-state index is 6.55. The Morgan fingerprint density at radius 1 is 1.16 bits per heavy atom. The van der Waals surface area contributed by atoms with Gasteiger partial charge in [-0.3, -0.25) is 4.98 Å². The fourth-order valence-electron chi connectivity index (χ4n) is 5.00. The third-order valence-corrected chi connectivity index (χ3v) is 8.61. The Morgan fingerprint density at radius 3 is 2.87 bits per heavy atom. The van der Waals surface area contributed by atoms with Gasteiger partial charge in [0.1, 0.15) is 29.3 Å². The summed E-state index contributed by atoms with van der Waals surface area (Å²) in [6.45, 7) is 6.57. The van der Waals surface area contributed by atoms with Gasteiger partial charge in [-0.25, -0.2) is 9.97 Å². The van der Waals surface area contributed by atoms with Crippen LogP contribution in [0.15, 0.2) is 48.9 Å². The highest BCUT2D eigenvalue weighted by atomic mass is 35.5. The quantitative estimate of drug-likeness (QED) is 0.215. The first-order valence-electron chi connectivity index (χ1n) is 13.2. The summed E-state index contributed by atoms with van der Waals surface area (Å²) in [5.41, 5.74) is 3.12. The van der Waals surface area contributed by atoms with Crippen LogP contribution in [0.1, 0.15) is 35.9 Å². The SMILES string of the molecule is CCN(CCOC)CCC1CCc2c(sc3ncnc(Nc4ccc(OCc5ccccn5)c(Cl)c4)c23)C1. The minimum absolute atomic E-state index is 0.367. The fraction of sp³-hybridized carbons (Fsp3) is 0.414. The van der Waals surface area contributed by atoms with E-state index in [1.54, 1.807) is 19.6 Å². The molecule has 0 aliphatic heterocycles. The van der Waals surface area contributed by atoms with Gasteiger partial charge >= 0.3 is 0 Å². The molecule has 200 valence electrons. The summed E-state index contributed by atoms with van der Waals surface area (Å²) in [5.74, 6) is 2.16. The van der Waals surface area contributed by atoms with Gasteiger partial charge in [0.2, 0.25) is 0 Å². The summed E-state index contributed by atoms with van der Waals surface area (Å²) in [6, 6.07) is 11.5. The van der Waals surface area contributed by atoms with Gasteiger partial charge in [0, 0.05) is 30.4 Å². The Labute approximate surface area is 233 Å². The van der Waals surface area contributed by atoms with Crippen LogP contribution in [0.25, 0.3) is 10.2 Å². The molecule has 1 aromatic carbocycles. The molecule has 1 N–H and O–H groups in total. The van der Waals surface area contributed by atoms with Gasteiger partial charge in [-0.15, -0.1) is 11.3 Å². The predicted molar refractivity (Wildman–Crippen MR) is 155 cm³/mol. The van der Waals surface area contributed by atoms with E-state index in [0.717, 1.165) is 66.5 Å². The van der Waals surface area contributed by atoms with E-state index in [1.807, 2.05) is 47.7 Å². The van der Waals surface area contributed by atoms with Crippen molar-refractivity contribution in [3.05, 3.63) is 70.1 Å². The minimum atomic E-state index is 0.367. The number of aromatic nitrogens is 3. The molecule has 1 unspecified atom stereocenters.